The van der Waals surface area contributed by atoms with Gasteiger partial charge in [0.15, 0.2) is 5.60 Å². The fourth-order valence-corrected chi connectivity index (χ4v) is 10.5. The van der Waals surface area contributed by atoms with Crippen molar-refractivity contribution >= 4 is 39.3 Å². The van der Waals surface area contributed by atoms with E-state index >= 15 is 0 Å². The van der Waals surface area contributed by atoms with Crippen LogP contribution in [0.4, 0.5) is 14.5 Å². The van der Waals surface area contributed by atoms with E-state index in [4.69, 9.17) is 21.1 Å². The van der Waals surface area contributed by atoms with Crippen LogP contribution in [0.3, 0.4) is 0 Å². The number of ether oxygens (including phenoxy) is 2. The van der Waals surface area contributed by atoms with Crippen LogP contribution in [0.5, 0.6) is 5.75 Å². The summed E-state index contributed by atoms with van der Waals surface area (Å²) >= 11 is 6.49. The first-order chi connectivity index (χ1) is 28.0. The van der Waals surface area contributed by atoms with Crippen molar-refractivity contribution in [2.45, 2.75) is 87.8 Å². The molecule has 3 heterocycles. The molecule has 1 saturated heterocycles. The van der Waals surface area contributed by atoms with Gasteiger partial charge in [0.2, 0.25) is 5.91 Å². The van der Waals surface area contributed by atoms with Gasteiger partial charge in [0.1, 0.15) is 5.75 Å². The number of nitrogens with one attached hydrogen (secondary N) is 1. The fourth-order valence-electron chi connectivity index (χ4n) is 9.39. The Hall–Kier alpha value is -3.34. The van der Waals surface area contributed by atoms with Crippen LogP contribution < -0.4 is 14.4 Å². The lowest BCUT2D eigenvalue weighted by molar-refractivity contribution is -0.148. The Morgan fingerprint density at radius 3 is 2.68 bits per heavy atom. The number of amides is 2. The molecule has 2 aromatic rings. The van der Waals surface area contributed by atoms with Gasteiger partial charge in [-0.2, -0.15) is 12.7 Å². The third-order valence-corrected chi connectivity index (χ3v) is 14.8. The first-order valence-corrected chi connectivity index (χ1v) is 22.8. The number of aliphatic hydroxyl groups is 1. The van der Waals surface area contributed by atoms with Crippen molar-refractivity contribution in [1.82, 2.24) is 18.8 Å². The largest absolute Gasteiger partial charge is 0.490 e. The van der Waals surface area contributed by atoms with E-state index in [1.807, 2.05) is 31.2 Å². The zero-order valence-corrected chi connectivity index (χ0v) is 35.9. The summed E-state index contributed by atoms with van der Waals surface area (Å²) in [6.07, 6.45) is 9.27. The highest BCUT2D eigenvalue weighted by Crippen LogP contribution is 2.48. The van der Waals surface area contributed by atoms with Gasteiger partial charge in [-0.15, -0.1) is 0 Å². The number of aryl methyl sites for hydroxylation is 1. The first-order valence-electron chi connectivity index (χ1n) is 21.0. The van der Waals surface area contributed by atoms with Crippen molar-refractivity contribution in [3.8, 4) is 5.75 Å². The quantitative estimate of drug-likeness (QED) is 0.307. The van der Waals surface area contributed by atoms with E-state index in [0.717, 1.165) is 42.8 Å². The Labute approximate surface area is 352 Å². The Kier molecular flexibility index (Phi) is 13.0. The molecule has 7 rings (SSSR count). The molecule has 1 spiro atoms. The Morgan fingerprint density at radius 1 is 1.15 bits per heavy atom. The molecule has 3 aliphatic heterocycles. The van der Waals surface area contributed by atoms with E-state index in [2.05, 4.69) is 15.7 Å². The monoisotopic (exact) mass is 861 g/mol. The Morgan fingerprint density at radius 2 is 1.95 bits per heavy atom. The predicted octanol–water partition coefficient (Wildman–Crippen LogP) is 5.26. The lowest BCUT2D eigenvalue weighted by atomic mass is 9.68. The number of hydrogen-bond donors (Lipinski definition) is 2. The van der Waals surface area contributed by atoms with Gasteiger partial charge in [-0.3, -0.25) is 14.5 Å². The molecule has 0 unspecified atom stereocenters. The highest BCUT2D eigenvalue weighted by molar-refractivity contribution is 7.87. The molecule has 2 fully saturated rings. The number of likely N-dealkylation sites (tertiary alicyclic amines) is 1. The lowest BCUT2D eigenvalue weighted by Crippen LogP contribution is -2.57. The number of hydrogen-bond acceptors (Lipinski definition) is 9. The van der Waals surface area contributed by atoms with Crippen molar-refractivity contribution in [2.24, 2.45) is 11.8 Å². The van der Waals surface area contributed by atoms with Gasteiger partial charge in [-0.05, 0) is 97.7 Å². The molecule has 2 amide bonds. The van der Waals surface area contributed by atoms with Crippen LogP contribution in [0.2, 0.25) is 5.02 Å². The van der Waals surface area contributed by atoms with Crippen LogP contribution in [0.1, 0.15) is 75.0 Å². The standard InChI is InChI=1S/C43H58ClF2N5O7S/c1-4-5-19-49(3)59(55,56)47-40(53)43(54)24-39(52)48(2)18-7-6-10-37(57-21-20-50-27-42(45,46)28-50)34-14-11-31(34)25-51-26-41(29-58-38-16-12-32(43)23-36(38)51)17-8-9-30-22-33(44)13-15-35(30)41/h6,10,12-13,15-16,22-23,31,34,37,54H,4-5,7-9,11,14,17-21,24-29H2,1-3H3,(H,47,53)/b10-6+/t31-,34+,37-,41-,43+/m0/s1. The van der Waals surface area contributed by atoms with Crippen LogP contribution in [0.25, 0.3) is 0 Å². The van der Waals surface area contributed by atoms with Crippen molar-refractivity contribution in [2.75, 3.05) is 78.0 Å². The molecule has 2 N–H and O–H groups in total. The number of rotatable bonds is 10. The molecule has 12 nitrogen and oxygen atoms in total. The minimum absolute atomic E-state index is 0.0669. The highest BCUT2D eigenvalue weighted by Gasteiger charge is 2.48. The van der Waals surface area contributed by atoms with Gasteiger partial charge in [0.25, 0.3) is 11.8 Å². The summed E-state index contributed by atoms with van der Waals surface area (Å²) < 4.78 is 70.2. The van der Waals surface area contributed by atoms with Gasteiger partial charge in [0.05, 0.1) is 44.5 Å². The average Bonchev–Trinajstić information content (AvgIpc) is 3.32. The van der Waals surface area contributed by atoms with Crippen molar-refractivity contribution < 1.29 is 41.4 Å². The van der Waals surface area contributed by atoms with E-state index in [1.165, 1.54) is 23.1 Å². The second-order valence-electron chi connectivity index (χ2n) is 17.4. The number of halogens is 3. The third-order valence-electron chi connectivity index (χ3n) is 13.1. The normalized spacial score (nSPS) is 29.1. The number of fused-ring (bicyclic) bond motifs is 4. The third kappa shape index (κ3) is 9.45. The molecule has 59 heavy (non-hydrogen) atoms. The van der Waals surface area contributed by atoms with Gasteiger partial charge in [-0.1, -0.05) is 49.2 Å². The second-order valence-corrected chi connectivity index (χ2v) is 19.6. The molecule has 2 bridgehead atoms. The minimum atomic E-state index is -4.36. The number of nitrogens with zero attached hydrogens (tertiary/aromatic N) is 4. The summed E-state index contributed by atoms with van der Waals surface area (Å²) in [4.78, 5) is 33.5. The Balaban J connectivity index is 1.26. The predicted molar refractivity (Wildman–Crippen MR) is 222 cm³/mol. The minimum Gasteiger partial charge on any atom is -0.490 e. The molecule has 5 atom stereocenters. The van der Waals surface area contributed by atoms with Crippen molar-refractivity contribution in [3.63, 3.8) is 0 Å². The summed E-state index contributed by atoms with van der Waals surface area (Å²) in [5.41, 5.74) is 0.0509. The van der Waals surface area contributed by atoms with Crippen LogP contribution in [-0.4, -0.2) is 125 Å². The number of benzene rings is 2. The first kappa shape index (κ1) is 43.7. The van der Waals surface area contributed by atoms with Gasteiger partial charge >= 0.3 is 10.2 Å². The van der Waals surface area contributed by atoms with E-state index in [-0.39, 0.29) is 49.7 Å². The van der Waals surface area contributed by atoms with Crippen LogP contribution in [0, 0.1) is 11.8 Å². The number of anilines is 1. The molecule has 0 radical (unpaired) electrons. The summed E-state index contributed by atoms with van der Waals surface area (Å²) in [6.45, 7) is 4.06. The van der Waals surface area contributed by atoms with Crippen molar-refractivity contribution in [1.29, 1.82) is 0 Å². The maximum Gasteiger partial charge on any atom is 0.303 e. The molecule has 2 aromatic carbocycles. The number of alkyl halides is 2. The highest BCUT2D eigenvalue weighted by atomic mass is 35.5. The molecule has 0 aromatic heterocycles. The van der Waals surface area contributed by atoms with E-state index in [1.54, 1.807) is 30.1 Å². The van der Waals surface area contributed by atoms with E-state index < -0.39 is 45.4 Å². The van der Waals surface area contributed by atoms with Crippen LogP contribution in [-0.2, 0) is 42.0 Å². The molecular formula is C43H58ClF2N5O7S. The van der Waals surface area contributed by atoms with Gasteiger partial charge in [0, 0.05) is 57.3 Å². The molecule has 16 heteroatoms. The maximum atomic E-state index is 14.2. The summed E-state index contributed by atoms with van der Waals surface area (Å²) in [5.74, 6) is -3.60. The summed E-state index contributed by atoms with van der Waals surface area (Å²) in [5, 5.41) is 13.2. The topological polar surface area (TPSA) is 132 Å². The SMILES string of the molecule is CCCCN(C)S(=O)(=O)NC(=O)[C@@]1(O)CC(=O)N(C)CC/C=C/[C@H](OCCN2CC(F)(F)C2)[C@@H]2CC[C@H]2CN2C[C@@]3(CCCc4cc(Cl)ccc43)COc3ccc1cc32. The zero-order valence-electron chi connectivity index (χ0n) is 34.3. The van der Waals surface area contributed by atoms with Crippen molar-refractivity contribution in [3.05, 3.63) is 70.3 Å². The molecule has 5 aliphatic rings. The summed E-state index contributed by atoms with van der Waals surface area (Å²) in [6, 6.07) is 11.0. The summed E-state index contributed by atoms with van der Waals surface area (Å²) in [7, 11) is -1.42. The number of unbranched alkanes of at least 4 members (excludes halogenated alkanes) is 1. The van der Waals surface area contributed by atoms with Crippen LogP contribution in [0.15, 0.2) is 48.6 Å². The van der Waals surface area contributed by atoms with E-state index in [0.29, 0.717) is 62.1 Å². The van der Waals surface area contributed by atoms with Crippen LogP contribution >= 0.6 is 11.6 Å². The fraction of sp³-hybridized carbons (Fsp3) is 0.628. The zero-order chi connectivity index (χ0) is 42.2. The molecular weight excluding hydrogens is 804 g/mol. The second kappa shape index (κ2) is 17.6. The Bertz CT molecular complexity index is 2020. The van der Waals surface area contributed by atoms with Gasteiger partial charge in [-0.25, -0.2) is 13.5 Å². The van der Waals surface area contributed by atoms with Gasteiger partial charge < -0.3 is 24.4 Å². The lowest BCUT2D eigenvalue weighted by Gasteiger charge is -2.46. The molecule has 324 valence electrons. The maximum absolute atomic E-state index is 14.2. The molecule has 2 aliphatic carbocycles. The number of carbonyl (C=O) groups is 2. The smallest absolute Gasteiger partial charge is 0.303 e. The molecule has 1 saturated carbocycles. The number of carbonyl (C=O) groups excluding carboxylic acids is 2. The van der Waals surface area contributed by atoms with E-state index in [9.17, 15) is 31.9 Å². The average molecular weight is 862 g/mol.